The molecule has 1 heterocycles. The highest BCUT2D eigenvalue weighted by Crippen LogP contribution is 2.26. The van der Waals surface area contributed by atoms with Crippen LogP contribution in [0.4, 0.5) is 4.79 Å². The second kappa shape index (κ2) is 8.06. The summed E-state index contributed by atoms with van der Waals surface area (Å²) in [5, 5.41) is 9.39. The lowest BCUT2D eigenvalue weighted by Crippen LogP contribution is -2.44. The summed E-state index contributed by atoms with van der Waals surface area (Å²) in [5.74, 6) is -3.21. The normalized spacial score (nSPS) is 19.9. The Hall–Kier alpha value is -1.79. The number of nitrogens with zero attached hydrogens (tertiary/aromatic N) is 1. The summed E-state index contributed by atoms with van der Waals surface area (Å²) in [5.41, 5.74) is -1.32. The van der Waals surface area contributed by atoms with E-state index in [0.29, 0.717) is 13.1 Å². The van der Waals surface area contributed by atoms with Gasteiger partial charge >= 0.3 is 18.0 Å². The molecule has 7 nitrogen and oxygen atoms in total. The van der Waals surface area contributed by atoms with Gasteiger partial charge in [0.1, 0.15) is 11.2 Å². The van der Waals surface area contributed by atoms with Crippen molar-refractivity contribution in [2.45, 2.75) is 72.0 Å². The van der Waals surface area contributed by atoms with Crippen molar-refractivity contribution < 1.29 is 29.0 Å². The highest BCUT2D eigenvalue weighted by atomic mass is 16.6. The number of aliphatic carboxylic acids is 1. The van der Waals surface area contributed by atoms with E-state index >= 15 is 0 Å². The van der Waals surface area contributed by atoms with Gasteiger partial charge < -0.3 is 19.5 Å². The van der Waals surface area contributed by atoms with Crippen molar-refractivity contribution in [1.82, 2.24) is 4.90 Å². The maximum absolute atomic E-state index is 12.2. The van der Waals surface area contributed by atoms with E-state index in [9.17, 15) is 19.5 Å². The number of hydrogen-bond acceptors (Lipinski definition) is 5. The maximum atomic E-state index is 12.2. The molecule has 0 aromatic carbocycles. The van der Waals surface area contributed by atoms with E-state index in [1.165, 1.54) is 0 Å². The van der Waals surface area contributed by atoms with Crippen LogP contribution in [-0.2, 0) is 19.1 Å². The maximum Gasteiger partial charge on any atom is 0.410 e. The molecule has 7 heteroatoms. The van der Waals surface area contributed by atoms with Gasteiger partial charge in [0, 0.05) is 13.1 Å². The minimum atomic E-state index is -1.22. The SMILES string of the molecule is CC(C)(C)OC(=O)[C@@H](CC1CCCN(C(=O)OC(C)(C)C)C1)C(=O)O. The zero-order valence-corrected chi connectivity index (χ0v) is 16.1. The van der Waals surface area contributed by atoms with Crippen LogP contribution >= 0.6 is 0 Å². The highest BCUT2D eigenvalue weighted by molar-refractivity contribution is 5.94. The van der Waals surface area contributed by atoms with Crippen molar-refractivity contribution in [2.75, 3.05) is 13.1 Å². The number of amides is 1. The van der Waals surface area contributed by atoms with E-state index in [0.717, 1.165) is 12.8 Å². The molecular weight excluding hydrogens is 326 g/mol. The molecular formula is C18H31NO6. The Labute approximate surface area is 149 Å². The number of esters is 1. The third-order valence-electron chi connectivity index (χ3n) is 3.73. The van der Waals surface area contributed by atoms with E-state index in [1.54, 1.807) is 46.4 Å². The number of ether oxygens (including phenoxy) is 2. The van der Waals surface area contributed by atoms with Gasteiger partial charge in [0.25, 0.3) is 0 Å². The van der Waals surface area contributed by atoms with Gasteiger partial charge in [-0.2, -0.15) is 0 Å². The van der Waals surface area contributed by atoms with E-state index in [2.05, 4.69) is 0 Å². The van der Waals surface area contributed by atoms with Crippen molar-refractivity contribution in [1.29, 1.82) is 0 Å². The molecule has 1 unspecified atom stereocenters. The van der Waals surface area contributed by atoms with Gasteiger partial charge in [-0.05, 0) is 66.7 Å². The quantitative estimate of drug-likeness (QED) is 0.614. The van der Waals surface area contributed by atoms with E-state index in [4.69, 9.17) is 9.47 Å². The Kier molecular flexibility index (Phi) is 6.85. The van der Waals surface area contributed by atoms with Crippen molar-refractivity contribution in [3.8, 4) is 0 Å². The van der Waals surface area contributed by atoms with Gasteiger partial charge in [-0.15, -0.1) is 0 Å². The first-order valence-electron chi connectivity index (χ1n) is 8.72. The molecule has 1 amide bonds. The van der Waals surface area contributed by atoms with Crippen LogP contribution in [0.1, 0.15) is 60.8 Å². The zero-order valence-electron chi connectivity index (χ0n) is 16.1. The molecule has 1 saturated heterocycles. The molecule has 1 aliphatic heterocycles. The number of carboxylic acids is 1. The standard InChI is InChI=1S/C18H31NO6/c1-17(2,3)24-15(22)13(14(20)21)10-12-8-7-9-19(11-12)16(23)25-18(4,5)6/h12-13H,7-11H2,1-6H3,(H,20,21)/t12?,13-/m0/s1. The van der Waals surface area contributed by atoms with E-state index < -0.39 is 35.2 Å². The molecule has 0 bridgehead atoms. The van der Waals surface area contributed by atoms with Crippen LogP contribution in [0.25, 0.3) is 0 Å². The van der Waals surface area contributed by atoms with Crippen LogP contribution in [0, 0.1) is 11.8 Å². The van der Waals surface area contributed by atoms with Crippen molar-refractivity contribution in [3.63, 3.8) is 0 Å². The van der Waals surface area contributed by atoms with Crippen LogP contribution in [0.15, 0.2) is 0 Å². The first-order chi connectivity index (χ1) is 11.3. The molecule has 0 aliphatic carbocycles. The van der Waals surface area contributed by atoms with Gasteiger partial charge in [-0.25, -0.2) is 4.79 Å². The Balaban J connectivity index is 2.71. The fourth-order valence-electron chi connectivity index (χ4n) is 2.75. The van der Waals surface area contributed by atoms with Crippen LogP contribution in [0.3, 0.4) is 0 Å². The van der Waals surface area contributed by atoms with Gasteiger partial charge in [0.05, 0.1) is 0 Å². The average molecular weight is 357 g/mol. The minimum Gasteiger partial charge on any atom is -0.481 e. The molecule has 144 valence electrons. The van der Waals surface area contributed by atoms with Gasteiger partial charge in [-0.1, -0.05) is 0 Å². The zero-order chi connectivity index (χ0) is 19.4. The lowest BCUT2D eigenvalue weighted by molar-refractivity contribution is -0.167. The summed E-state index contributed by atoms with van der Waals surface area (Å²) in [7, 11) is 0. The van der Waals surface area contributed by atoms with Crippen molar-refractivity contribution in [2.24, 2.45) is 11.8 Å². The smallest absolute Gasteiger partial charge is 0.410 e. The number of likely N-dealkylation sites (tertiary alicyclic amines) is 1. The second-order valence-electron chi connectivity index (χ2n) is 8.59. The largest absolute Gasteiger partial charge is 0.481 e. The minimum absolute atomic E-state index is 0.0742. The Morgan fingerprint density at radius 2 is 1.64 bits per heavy atom. The number of piperidine rings is 1. The fourth-order valence-corrected chi connectivity index (χ4v) is 2.75. The number of carboxylic acid groups (broad SMARTS) is 1. The molecule has 2 atom stereocenters. The molecule has 1 fully saturated rings. The van der Waals surface area contributed by atoms with Gasteiger partial charge in [0.15, 0.2) is 5.92 Å². The molecule has 0 saturated carbocycles. The first-order valence-corrected chi connectivity index (χ1v) is 8.72. The first kappa shape index (κ1) is 21.3. The summed E-state index contributed by atoms with van der Waals surface area (Å²) >= 11 is 0. The lowest BCUT2D eigenvalue weighted by atomic mass is 9.88. The van der Waals surface area contributed by atoms with Crippen molar-refractivity contribution >= 4 is 18.0 Å². The average Bonchev–Trinajstić information content (AvgIpc) is 2.41. The van der Waals surface area contributed by atoms with Gasteiger partial charge in [0.2, 0.25) is 0 Å². The van der Waals surface area contributed by atoms with Crippen LogP contribution < -0.4 is 0 Å². The summed E-state index contributed by atoms with van der Waals surface area (Å²) in [6.45, 7) is 11.5. The van der Waals surface area contributed by atoms with Crippen molar-refractivity contribution in [3.05, 3.63) is 0 Å². The van der Waals surface area contributed by atoms with E-state index in [-0.39, 0.29) is 12.3 Å². The van der Waals surface area contributed by atoms with Crippen LogP contribution in [0.5, 0.6) is 0 Å². The van der Waals surface area contributed by atoms with Gasteiger partial charge in [-0.3, -0.25) is 9.59 Å². The predicted molar refractivity (Wildman–Crippen MR) is 92.1 cm³/mol. The lowest BCUT2D eigenvalue weighted by Gasteiger charge is -2.35. The topological polar surface area (TPSA) is 93.1 Å². The molecule has 0 spiro atoms. The summed E-state index contributed by atoms with van der Waals surface area (Å²) < 4.78 is 10.6. The van der Waals surface area contributed by atoms with Crippen LogP contribution in [0.2, 0.25) is 0 Å². The molecule has 0 radical (unpaired) electrons. The Bertz CT molecular complexity index is 503. The molecule has 1 N–H and O–H groups in total. The number of carbonyl (C=O) groups is 3. The summed E-state index contributed by atoms with van der Waals surface area (Å²) in [6, 6.07) is 0. The van der Waals surface area contributed by atoms with Crippen LogP contribution in [-0.4, -0.2) is 52.3 Å². The molecule has 1 rings (SSSR count). The monoisotopic (exact) mass is 357 g/mol. The fraction of sp³-hybridized carbons (Fsp3) is 0.833. The Morgan fingerprint density at radius 1 is 1.08 bits per heavy atom. The third-order valence-corrected chi connectivity index (χ3v) is 3.73. The predicted octanol–water partition coefficient (Wildman–Crippen LogP) is 3.07. The highest BCUT2D eigenvalue weighted by Gasteiger charge is 2.36. The molecule has 0 aromatic heterocycles. The molecule has 25 heavy (non-hydrogen) atoms. The second-order valence-corrected chi connectivity index (χ2v) is 8.59. The number of rotatable bonds is 4. The molecule has 0 aromatic rings. The number of carbonyl (C=O) groups excluding carboxylic acids is 2. The Morgan fingerprint density at radius 3 is 2.12 bits per heavy atom. The third kappa shape index (κ3) is 7.75. The number of hydrogen-bond donors (Lipinski definition) is 1. The van der Waals surface area contributed by atoms with E-state index in [1.807, 2.05) is 0 Å². The molecule has 1 aliphatic rings. The summed E-state index contributed by atoms with van der Waals surface area (Å²) in [6.07, 6.45) is 1.28. The summed E-state index contributed by atoms with van der Waals surface area (Å²) in [4.78, 5) is 37.5.